The van der Waals surface area contributed by atoms with E-state index in [1.807, 2.05) is 43.3 Å². The number of amides is 2. The van der Waals surface area contributed by atoms with Crippen molar-refractivity contribution in [2.45, 2.75) is 33.4 Å². The summed E-state index contributed by atoms with van der Waals surface area (Å²) in [5.41, 5.74) is 2.88. The number of nitrogens with one attached hydrogen (secondary N) is 1. The molecule has 31 heavy (non-hydrogen) atoms. The molecule has 1 unspecified atom stereocenters. The largest absolute Gasteiger partial charge is 0.357 e. The molecule has 1 atom stereocenters. The Hall–Kier alpha value is -2.39. The molecule has 0 radical (unpaired) electrons. The van der Waals surface area contributed by atoms with Crippen molar-refractivity contribution in [2.24, 2.45) is 0 Å². The van der Waals surface area contributed by atoms with E-state index in [0.717, 1.165) is 31.7 Å². The number of benzene rings is 2. The predicted molar refractivity (Wildman–Crippen MR) is 126 cm³/mol. The number of carbonyl (C=O) groups excluding carboxylic acids is 2. The van der Waals surface area contributed by atoms with E-state index in [4.69, 9.17) is 0 Å². The fraction of sp³-hybridized carbons (Fsp3) is 0.364. The summed E-state index contributed by atoms with van der Waals surface area (Å²) in [7, 11) is -2.24. The predicted octanol–water partition coefficient (Wildman–Crippen LogP) is 3.00. The second-order valence-corrected chi connectivity index (χ2v) is 10.3. The van der Waals surface area contributed by atoms with Gasteiger partial charge in [0.25, 0.3) is 0 Å². The normalized spacial score (nSPS) is 12.2. The van der Waals surface area contributed by atoms with Gasteiger partial charge in [-0.05, 0) is 55.7 Å². The van der Waals surface area contributed by atoms with Gasteiger partial charge in [0.1, 0.15) is 12.6 Å². The number of halogens is 1. The lowest BCUT2D eigenvalue weighted by Crippen LogP contribution is -2.50. The summed E-state index contributed by atoms with van der Waals surface area (Å²) in [5, 5.41) is 2.56. The first-order valence-corrected chi connectivity index (χ1v) is 12.4. The summed E-state index contributed by atoms with van der Waals surface area (Å²) in [4.78, 5) is 27.1. The SMILES string of the molecule is CNC(=O)C(C)N(Cc1cccc(Br)c1)C(=O)CN(c1cc(C)ccc1C)S(C)(=O)=O. The summed E-state index contributed by atoms with van der Waals surface area (Å²) in [6.07, 6.45) is 1.07. The van der Waals surface area contributed by atoms with Gasteiger partial charge in [-0.3, -0.25) is 13.9 Å². The zero-order chi connectivity index (χ0) is 23.3. The lowest BCUT2D eigenvalue weighted by molar-refractivity contribution is -0.139. The monoisotopic (exact) mass is 509 g/mol. The fourth-order valence-corrected chi connectivity index (χ4v) is 4.55. The number of anilines is 1. The van der Waals surface area contributed by atoms with Crippen molar-refractivity contribution < 1.29 is 18.0 Å². The van der Waals surface area contributed by atoms with Crippen molar-refractivity contribution in [1.82, 2.24) is 10.2 Å². The first-order chi connectivity index (χ1) is 14.4. The molecule has 2 aromatic carbocycles. The molecule has 0 aliphatic heterocycles. The van der Waals surface area contributed by atoms with Gasteiger partial charge < -0.3 is 10.2 Å². The lowest BCUT2D eigenvalue weighted by Gasteiger charge is -2.31. The molecule has 2 rings (SSSR count). The highest BCUT2D eigenvalue weighted by Crippen LogP contribution is 2.24. The van der Waals surface area contributed by atoms with Crippen molar-refractivity contribution >= 4 is 43.5 Å². The van der Waals surface area contributed by atoms with Crippen LogP contribution in [0.5, 0.6) is 0 Å². The topological polar surface area (TPSA) is 86.8 Å². The van der Waals surface area contributed by atoms with Gasteiger partial charge in [-0.25, -0.2) is 8.42 Å². The number of hydrogen-bond acceptors (Lipinski definition) is 4. The summed E-state index contributed by atoms with van der Waals surface area (Å²) in [6, 6.07) is 12.1. The van der Waals surface area contributed by atoms with Gasteiger partial charge >= 0.3 is 0 Å². The Morgan fingerprint density at radius 1 is 1.13 bits per heavy atom. The number of sulfonamides is 1. The van der Waals surface area contributed by atoms with E-state index >= 15 is 0 Å². The quantitative estimate of drug-likeness (QED) is 0.592. The van der Waals surface area contributed by atoms with Crippen molar-refractivity contribution in [2.75, 3.05) is 24.2 Å². The second-order valence-electron chi connectivity index (χ2n) is 7.50. The Labute approximate surface area is 192 Å². The van der Waals surface area contributed by atoms with Gasteiger partial charge in [0.05, 0.1) is 11.9 Å². The third-order valence-corrected chi connectivity index (χ3v) is 6.59. The Kier molecular flexibility index (Phi) is 8.25. The maximum Gasteiger partial charge on any atom is 0.244 e. The molecule has 168 valence electrons. The highest BCUT2D eigenvalue weighted by atomic mass is 79.9. The molecule has 9 heteroatoms. The van der Waals surface area contributed by atoms with E-state index in [1.54, 1.807) is 19.9 Å². The fourth-order valence-electron chi connectivity index (χ4n) is 3.21. The number of likely N-dealkylation sites (N-methyl/N-ethyl adjacent to an activating group) is 1. The van der Waals surface area contributed by atoms with Crippen LogP contribution in [-0.2, 0) is 26.2 Å². The Morgan fingerprint density at radius 3 is 2.39 bits per heavy atom. The van der Waals surface area contributed by atoms with Crippen LogP contribution in [0.15, 0.2) is 46.9 Å². The van der Waals surface area contributed by atoms with Crippen LogP contribution < -0.4 is 9.62 Å². The minimum absolute atomic E-state index is 0.164. The Bertz CT molecular complexity index is 1070. The Balaban J connectivity index is 2.43. The molecule has 0 aromatic heterocycles. The molecule has 2 amide bonds. The first-order valence-electron chi connectivity index (χ1n) is 9.74. The van der Waals surface area contributed by atoms with Crippen LogP contribution in [0.4, 0.5) is 5.69 Å². The Morgan fingerprint density at radius 2 is 1.81 bits per heavy atom. The number of rotatable bonds is 8. The van der Waals surface area contributed by atoms with Gasteiger partial charge in [-0.1, -0.05) is 40.2 Å². The first kappa shape index (κ1) is 24.9. The minimum atomic E-state index is -3.74. The molecule has 0 heterocycles. The molecule has 7 nitrogen and oxygen atoms in total. The minimum Gasteiger partial charge on any atom is -0.357 e. The molecule has 0 bridgehead atoms. The summed E-state index contributed by atoms with van der Waals surface area (Å²) < 4.78 is 27.1. The zero-order valence-corrected chi connectivity index (χ0v) is 20.7. The van der Waals surface area contributed by atoms with Gasteiger partial charge in [-0.15, -0.1) is 0 Å². The van der Waals surface area contributed by atoms with Gasteiger partial charge in [0.15, 0.2) is 0 Å². The third kappa shape index (κ3) is 6.54. The van der Waals surface area contributed by atoms with Crippen molar-refractivity contribution in [1.29, 1.82) is 0 Å². The van der Waals surface area contributed by atoms with E-state index < -0.39 is 28.5 Å². The van der Waals surface area contributed by atoms with E-state index in [0.29, 0.717) is 5.69 Å². The standard InChI is InChI=1S/C22H28BrN3O4S/c1-15-9-10-16(2)20(11-15)26(31(5,29)30)14-21(27)25(17(3)22(28)24-4)13-18-7-6-8-19(23)12-18/h6-12,17H,13-14H2,1-5H3,(H,24,28). The zero-order valence-electron chi connectivity index (χ0n) is 18.3. The number of carbonyl (C=O) groups is 2. The van der Waals surface area contributed by atoms with Crippen molar-refractivity contribution in [3.05, 3.63) is 63.6 Å². The van der Waals surface area contributed by atoms with Crippen molar-refractivity contribution in [3.63, 3.8) is 0 Å². The maximum absolute atomic E-state index is 13.3. The molecule has 0 fully saturated rings. The average Bonchev–Trinajstić information content (AvgIpc) is 2.70. The molecular formula is C22H28BrN3O4S. The molecule has 2 aromatic rings. The molecule has 0 aliphatic carbocycles. The van der Waals surface area contributed by atoms with E-state index in [2.05, 4.69) is 21.2 Å². The van der Waals surface area contributed by atoms with Crippen LogP contribution in [0.2, 0.25) is 0 Å². The lowest BCUT2D eigenvalue weighted by atomic mass is 10.1. The molecule has 0 spiro atoms. The van der Waals surface area contributed by atoms with Crippen LogP contribution in [0, 0.1) is 13.8 Å². The van der Waals surface area contributed by atoms with E-state index in [-0.39, 0.29) is 12.5 Å². The highest BCUT2D eigenvalue weighted by molar-refractivity contribution is 9.10. The molecule has 1 N–H and O–H groups in total. The molecule has 0 saturated carbocycles. The van der Waals surface area contributed by atoms with Crippen LogP contribution in [0.1, 0.15) is 23.6 Å². The van der Waals surface area contributed by atoms with Gasteiger partial charge in [0.2, 0.25) is 21.8 Å². The van der Waals surface area contributed by atoms with Crippen LogP contribution in [-0.4, -0.2) is 51.0 Å². The summed E-state index contributed by atoms with van der Waals surface area (Å²) in [5.74, 6) is -0.802. The number of aryl methyl sites for hydroxylation is 2. The van der Waals surface area contributed by atoms with Gasteiger partial charge in [-0.2, -0.15) is 0 Å². The van der Waals surface area contributed by atoms with Crippen LogP contribution in [0.25, 0.3) is 0 Å². The van der Waals surface area contributed by atoms with E-state index in [9.17, 15) is 18.0 Å². The summed E-state index contributed by atoms with van der Waals surface area (Å²) in [6.45, 7) is 5.04. The van der Waals surface area contributed by atoms with Crippen LogP contribution in [0.3, 0.4) is 0 Å². The summed E-state index contributed by atoms with van der Waals surface area (Å²) >= 11 is 3.41. The van der Waals surface area contributed by atoms with Crippen molar-refractivity contribution in [3.8, 4) is 0 Å². The average molecular weight is 510 g/mol. The second kappa shape index (κ2) is 10.3. The molecule has 0 aliphatic rings. The van der Waals surface area contributed by atoms with E-state index in [1.165, 1.54) is 11.9 Å². The number of hydrogen-bond donors (Lipinski definition) is 1. The van der Waals surface area contributed by atoms with Gasteiger partial charge in [0, 0.05) is 18.1 Å². The van der Waals surface area contributed by atoms with Crippen LogP contribution >= 0.6 is 15.9 Å². The highest BCUT2D eigenvalue weighted by Gasteiger charge is 2.30. The molecular weight excluding hydrogens is 482 g/mol. The molecule has 0 saturated heterocycles. The maximum atomic E-state index is 13.3. The third-order valence-electron chi connectivity index (χ3n) is 4.97. The smallest absolute Gasteiger partial charge is 0.244 e. The number of nitrogens with zero attached hydrogens (tertiary/aromatic N) is 2.